The quantitative estimate of drug-likeness (QED) is 0.873. The van der Waals surface area contributed by atoms with E-state index in [9.17, 15) is 4.79 Å². The first-order valence-corrected chi connectivity index (χ1v) is 6.54. The number of nitrogens with two attached hydrogens (primary N) is 1. The highest BCUT2D eigenvalue weighted by Crippen LogP contribution is 2.32. The molecule has 1 aromatic rings. The van der Waals surface area contributed by atoms with Crippen LogP contribution in [0, 0.1) is 0 Å². The van der Waals surface area contributed by atoms with Gasteiger partial charge < -0.3 is 20.5 Å². The Labute approximate surface area is 125 Å². The summed E-state index contributed by atoms with van der Waals surface area (Å²) in [7, 11) is 0. The van der Waals surface area contributed by atoms with E-state index in [1.807, 2.05) is 13.8 Å². The van der Waals surface area contributed by atoms with E-state index in [2.05, 4.69) is 5.32 Å². The molecular formula is C14H21ClN2O3. The summed E-state index contributed by atoms with van der Waals surface area (Å²) in [6, 6.07) is 5.15. The van der Waals surface area contributed by atoms with Gasteiger partial charge in [0.25, 0.3) is 5.91 Å². The third-order valence-corrected chi connectivity index (χ3v) is 3.64. The minimum absolute atomic E-state index is 0. The molecule has 0 spiro atoms. The lowest BCUT2D eigenvalue weighted by Gasteiger charge is -2.26. The van der Waals surface area contributed by atoms with E-state index in [1.165, 1.54) is 0 Å². The van der Waals surface area contributed by atoms with Gasteiger partial charge in [-0.3, -0.25) is 4.79 Å². The Morgan fingerprint density at radius 3 is 2.60 bits per heavy atom. The Balaban J connectivity index is 0.00000200. The first-order chi connectivity index (χ1) is 9.08. The second-order valence-corrected chi connectivity index (χ2v) is 4.82. The van der Waals surface area contributed by atoms with Gasteiger partial charge in [-0.05, 0) is 31.0 Å². The molecule has 0 radical (unpaired) electrons. The standard InChI is InChI=1S/C14H20N2O3.ClH/c1-3-14(15,4-2)8-16-13(17)10-5-6-11-12(7-10)19-9-18-11;/h5-7H,3-4,8-9,15H2,1-2H3,(H,16,17);1H. The first-order valence-electron chi connectivity index (χ1n) is 6.54. The zero-order valence-electron chi connectivity index (χ0n) is 11.8. The number of nitrogens with one attached hydrogen (secondary N) is 1. The van der Waals surface area contributed by atoms with Crippen LogP contribution in [-0.2, 0) is 0 Å². The van der Waals surface area contributed by atoms with Gasteiger partial charge in [-0.2, -0.15) is 0 Å². The fraction of sp³-hybridized carbons (Fsp3) is 0.500. The SMILES string of the molecule is CCC(N)(CC)CNC(=O)c1ccc2c(c1)OCO2.Cl. The summed E-state index contributed by atoms with van der Waals surface area (Å²) in [6.07, 6.45) is 1.65. The molecule has 1 heterocycles. The second-order valence-electron chi connectivity index (χ2n) is 4.82. The van der Waals surface area contributed by atoms with Crippen molar-refractivity contribution in [1.82, 2.24) is 5.32 Å². The van der Waals surface area contributed by atoms with Crippen LogP contribution in [0.3, 0.4) is 0 Å². The number of ether oxygens (including phenoxy) is 2. The maximum atomic E-state index is 12.1. The maximum Gasteiger partial charge on any atom is 0.251 e. The number of fused-ring (bicyclic) bond motifs is 1. The van der Waals surface area contributed by atoms with Crippen LogP contribution in [0.25, 0.3) is 0 Å². The molecule has 5 nitrogen and oxygen atoms in total. The van der Waals surface area contributed by atoms with Crippen molar-refractivity contribution in [2.24, 2.45) is 5.73 Å². The van der Waals surface area contributed by atoms with Crippen LogP contribution in [0.5, 0.6) is 11.5 Å². The molecule has 0 fully saturated rings. The summed E-state index contributed by atoms with van der Waals surface area (Å²) in [6.45, 7) is 4.72. The van der Waals surface area contributed by atoms with Crippen LogP contribution in [-0.4, -0.2) is 24.8 Å². The number of hydrogen-bond donors (Lipinski definition) is 2. The molecule has 2 rings (SSSR count). The zero-order chi connectivity index (χ0) is 13.9. The Morgan fingerprint density at radius 2 is 1.95 bits per heavy atom. The number of carbonyl (C=O) groups excluding carboxylic acids is 1. The van der Waals surface area contributed by atoms with Gasteiger partial charge in [0.15, 0.2) is 11.5 Å². The largest absolute Gasteiger partial charge is 0.454 e. The maximum absolute atomic E-state index is 12.1. The van der Waals surface area contributed by atoms with Crippen LogP contribution < -0.4 is 20.5 Å². The lowest BCUT2D eigenvalue weighted by atomic mass is 9.94. The molecule has 0 aliphatic carbocycles. The normalized spacial score (nSPS) is 12.8. The van der Waals surface area contributed by atoms with Gasteiger partial charge in [0.1, 0.15) is 0 Å². The fourth-order valence-electron chi connectivity index (χ4n) is 1.90. The van der Waals surface area contributed by atoms with E-state index >= 15 is 0 Å². The van der Waals surface area contributed by atoms with Crippen molar-refractivity contribution in [1.29, 1.82) is 0 Å². The molecule has 0 bridgehead atoms. The molecule has 112 valence electrons. The summed E-state index contributed by atoms with van der Waals surface area (Å²) in [5.41, 5.74) is 6.37. The molecule has 0 unspecified atom stereocenters. The highest BCUT2D eigenvalue weighted by atomic mass is 35.5. The summed E-state index contributed by atoms with van der Waals surface area (Å²) in [4.78, 5) is 12.1. The van der Waals surface area contributed by atoms with Gasteiger partial charge in [-0.15, -0.1) is 12.4 Å². The molecule has 1 aliphatic heterocycles. The lowest BCUT2D eigenvalue weighted by molar-refractivity contribution is 0.0941. The zero-order valence-corrected chi connectivity index (χ0v) is 12.6. The van der Waals surface area contributed by atoms with Crippen LogP contribution >= 0.6 is 12.4 Å². The van der Waals surface area contributed by atoms with Crippen molar-refractivity contribution in [2.45, 2.75) is 32.2 Å². The molecule has 20 heavy (non-hydrogen) atoms. The van der Waals surface area contributed by atoms with E-state index in [1.54, 1.807) is 18.2 Å². The molecule has 0 saturated carbocycles. The van der Waals surface area contributed by atoms with Crippen LogP contribution in [0.1, 0.15) is 37.0 Å². The van der Waals surface area contributed by atoms with Crippen molar-refractivity contribution in [3.63, 3.8) is 0 Å². The number of amides is 1. The third-order valence-electron chi connectivity index (χ3n) is 3.64. The average Bonchev–Trinajstić information content (AvgIpc) is 2.91. The second kappa shape index (κ2) is 6.81. The van der Waals surface area contributed by atoms with E-state index < -0.39 is 0 Å². The van der Waals surface area contributed by atoms with E-state index in [0.717, 1.165) is 12.8 Å². The Hall–Kier alpha value is -1.46. The van der Waals surface area contributed by atoms with Crippen molar-refractivity contribution >= 4 is 18.3 Å². The molecule has 0 atom stereocenters. The van der Waals surface area contributed by atoms with E-state index in [-0.39, 0.29) is 30.6 Å². The third kappa shape index (κ3) is 3.55. The van der Waals surface area contributed by atoms with Gasteiger partial charge in [0.05, 0.1) is 0 Å². The molecule has 6 heteroatoms. The van der Waals surface area contributed by atoms with Crippen LogP contribution in [0.15, 0.2) is 18.2 Å². The molecule has 3 N–H and O–H groups in total. The highest BCUT2D eigenvalue weighted by molar-refractivity contribution is 5.95. The fourth-order valence-corrected chi connectivity index (χ4v) is 1.90. The monoisotopic (exact) mass is 300 g/mol. The van der Waals surface area contributed by atoms with Crippen molar-refractivity contribution in [2.75, 3.05) is 13.3 Å². The predicted octanol–water partition coefficient (Wildman–Crippen LogP) is 2.08. The number of hydrogen-bond acceptors (Lipinski definition) is 4. The topological polar surface area (TPSA) is 73.6 Å². The van der Waals surface area contributed by atoms with Gasteiger partial charge in [-0.25, -0.2) is 0 Å². The highest BCUT2D eigenvalue weighted by Gasteiger charge is 2.22. The number of halogens is 1. The average molecular weight is 301 g/mol. The van der Waals surface area contributed by atoms with Crippen molar-refractivity contribution in [3.8, 4) is 11.5 Å². The predicted molar refractivity (Wildman–Crippen MR) is 79.6 cm³/mol. The minimum Gasteiger partial charge on any atom is -0.454 e. The summed E-state index contributed by atoms with van der Waals surface area (Å²) < 4.78 is 10.5. The Bertz CT molecular complexity index is 475. The Morgan fingerprint density at radius 1 is 1.30 bits per heavy atom. The molecule has 0 aromatic heterocycles. The van der Waals surface area contributed by atoms with Gasteiger partial charge >= 0.3 is 0 Å². The smallest absolute Gasteiger partial charge is 0.251 e. The van der Waals surface area contributed by atoms with Crippen LogP contribution in [0.2, 0.25) is 0 Å². The molecule has 1 amide bonds. The number of carbonyl (C=O) groups is 1. The summed E-state index contributed by atoms with van der Waals surface area (Å²) in [5, 5.41) is 2.87. The van der Waals surface area contributed by atoms with Crippen molar-refractivity contribution in [3.05, 3.63) is 23.8 Å². The Kier molecular flexibility index (Phi) is 5.65. The van der Waals surface area contributed by atoms with E-state index in [0.29, 0.717) is 23.6 Å². The lowest BCUT2D eigenvalue weighted by Crippen LogP contribution is -2.49. The molecule has 1 aromatic carbocycles. The van der Waals surface area contributed by atoms with Crippen molar-refractivity contribution < 1.29 is 14.3 Å². The summed E-state index contributed by atoms with van der Waals surface area (Å²) >= 11 is 0. The molecular weight excluding hydrogens is 280 g/mol. The summed E-state index contributed by atoms with van der Waals surface area (Å²) in [5.74, 6) is 1.14. The van der Waals surface area contributed by atoms with Gasteiger partial charge in [0.2, 0.25) is 6.79 Å². The minimum atomic E-state index is -0.341. The number of benzene rings is 1. The van der Waals surface area contributed by atoms with Gasteiger partial charge in [0, 0.05) is 17.6 Å². The van der Waals surface area contributed by atoms with Crippen LogP contribution in [0.4, 0.5) is 0 Å². The molecule has 1 aliphatic rings. The molecule has 0 saturated heterocycles. The first kappa shape index (κ1) is 16.6. The number of rotatable bonds is 5. The van der Waals surface area contributed by atoms with E-state index in [4.69, 9.17) is 15.2 Å². The van der Waals surface area contributed by atoms with Gasteiger partial charge in [-0.1, -0.05) is 13.8 Å².